The van der Waals surface area contributed by atoms with Crippen molar-refractivity contribution in [2.45, 2.75) is 0 Å². The lowest BCUT2D eigenvalue weighted by molar-refractivity contribution is 0.387. The Kier molecular flexibility index (Phi) is 4.82. The van der Waals surface area contributed by atoms with Gasteiger partial charge in [0.15, 0.2) is 0 Å². The largest absolute Gasteiger partial charge is 0.507 e. The van der Waals surface area contributed by atoms with Gasteiger partial charge in [0.25, 0.3) is 0 Å². The van der Waals surface area contributed by atoms with Crippen LogP contribution >= 0.6 is 7.60 Å². The molecule has 3 aromatic heterocycles. The highest BCUT2D eigenvalue weighted by Gasteiger charge is 2.22. The third-order valence-electron chi connectivity index (χ3n) is 5.77. The van der Waals surface area contributed by atoms with Gasteiger partial charge in [-0.05, 0) is 85.0 Å². The van der Waals surface area contributed by atoms with Crippen molar-refractivity contribution in [1.29, 1.82) is 0 Å². The van der Waals surface area contributed by atoms with Gasteiger partial charge in [-0.1, -0.05) is 0 Å². The number of aromatic hydroxyl groups is 1. The molecule has 35 heavy (non-hydrogen) atoms. The minimum Gasteiger partial charge on any atom is -0.507 e. The van der Waals surface area contributed by atoms with E-state index in [0.717, 1.165) is 33.8 Å². The molecule has 0 aliphatic carbocycles. The second-order valence-corrected chi connectivity index (χ2v) is 9.94. The van der Waals surface area contributed by atoms with Crippen LogP contribution in [0.25, 0.3) is 45.9 Å². The summed E-state index contributed by atoms with van der Waals surface area (Å²) in [6, 6.07) is 19.5. The molecule has 5 heterocycles. The maximum Gasteiger partial charge on any atom is 0.356 e. The molecule has 2 aliphatic rings. The molecule has 0 amide bonds. The zero-order valence-electron chi connectivity index (χ0n) is 18.2. The van der Waals surface area contributed by atoms with E-state index in [4.69, 9.17) is 4.98 Å². The van der Waals surface area contributed by atoms with Crippen LogP contribution in [0.1, 0.15) is 28.3 Å². The van der Waals surface area contributed by atoms with Crippen molar-refractivity contribution in [3.05, 3.63) is 95.1 Å². The van der Waals surface area contributed by atoms with Gasteiger partial charge in [-0.2, -0.15) is 0 Å². The smallest absolute Gasteiger partial charge is 0.356 e. The van der Waals surface area contributed by atoms with Crippen LogP contribution in [-0.2, 0) is 4.57 Å². The number of hydrogen-bond donors (Lipinski definition) is 5. The van der Waals surface area contributed by atoms with Crippen molar-refractivity contribution in [2.24, 2.45) is 0 Å². The molecule has 172 valence electrons. The fourth-order valence-corrected chi connectivity index (χ4v) is 4.72. The fraction of sp³-hybridized carbons (Fsp3) is 0. The number of phenolic OH excluding ortho intramolecular Hbond substituents is 1. The predicted molar refractivity (Wildman–Crippen MR) is 137 cm³/mol. The molecule has 2 aliphatic heterocycles. The first-order chi connectivity index (χ1) is 16.8. The number of aromatic nitrogens is 4. The zero-order valence-corrected chi connectivity index (χ0v) is 19.1. The lowest BCUT2D eigenvalue weighted by atomic mass is 10.0. The van der Waals surface area contributed by atoms with E-state index in [1.54, 1.807) is 0 Å². The van der Waals surface area contributed by atoms with E-state index in [2.05, 4.69) is 15.0 Å². The third kappa shape index (κ3) is 4.22. The minimum absolute atomic E-state index is 0.242. The molecule has 6 rings (SSSR count). The van der Waals surface area contributed by atoms with Gasteiger partial charge < -0.3 is 24.9 Å². The van der Waals surface area contributed by atoms with Crippen molar-refractivity contribution in [3.63, 3.8) is 0 Å². The van der Waals surface area contributed by atoms with Gasteiger partial charge in [-0.25, -0.2) is 9.97 Å². The fourth-order valence-electron chi connectivity index (χ4n) is 4.16. The molecular formula is C26H19N4O4P. The maximum absolute atomic E-state index is 11.6. The number of fused-ring (bicyclic) bond motifs is 8. The molecule has 0 radical (unpaired) electrons. The van der Waals surface area contributed by atoms with Gasteiger partial charge in [0.2, 0.25) is 0 Å². The highest BCUT2D eigenvalue weighted by Crippen LogP contribution is 2.38. The molecular weight excluding hydrogens is 463 g/mol. The molecule has 8 nitrogen and oxygen atoms in total. The molecule has 4 aromatic rings. The van der Waals surface area contributed by atoms with E-state index in [9.17, 15) is 19.5 Å². The quantitative estimate of drug-likeness (QED) is 0.229. The van der Waals surface area contributed by atoms with Crippen LogP contribution in [0.2, 0.25) is 0 Å². The van der Waals surface area contributed by atoms with E-state index in [0.29, 0.717) is 28.2 Å². The number of nitrogens with zero attached hydrogens (tertiary/aromatic N) is 2. The van der Waals surface area contributed by atoms with E-state index in [-0.39, 0.29) is 11.1 Å². The second kappa shape index (κ2) is 7.92. The van der Waals surface area contributed by atoms with Gasteiger partial charge in [0, 0.05) is 33.2 Å². The number of H-pyrrole nitrogens is 2. The Morgan fingerprint density at radius 3 is 1.91 bits per heavy atom. The molecule has 8 bridgehead atoms. The normalized spacial score (nSPS) is 13.1. The summed E-state index contributed by atoms with van der Waals surface area (Å²) in [6.07, 6.45) is 5.62. The van der Waals surface area contributed by atoms with Crippen molar-refractivity contribution in [1.82, 2.24) is 19.9 Å². The van der Waals surface area contributed by atoms with Crippen molar-refractivity contribution in [2.75, 3.05) is 0 Å². The zero-order chi connectivity index (χ0) is 24.2. The van der Waals surface area contributed by atoms with Gasteiger partial charge in [-0.3, -0.25) is 4.57 Å². The number of phenols is 1. The molecule has 0 unspecified atom stereocenters. The average Bonchev–Trinajstić information content (AvgIpc) is 3.58. The summed E-state index contributed by atoms with van der Waals surface area (Å²) in [5, 5.41) is 10.4. The molecule has 0 saturated carbocycles. The second-order valence-electron chi connectivity index (χ2n) is 8.34. The lowest BCUT2D eigenvalue weighted by Crippen LogP contribution is -2.03. The first kappa shape index (κ1) is 21.3. The van der Waals surface area contributed by atoms with Gasteiger partial charge >= 0.3 is 7.60 Å². The summed E-state index contributed by atoms with van der Waals surface area (Å²) >= 11 is 0. The first-order valence-electron chi connectivity index (χ1n) is 10.8. The van der Waals surface area contributed by atoms with Gasteiger partial charge in [0.1, 0.15) is 5.75 Å². The number of rotatable bonds is 2. The molecule has 0 fully saturated rings. The number of hydrogen-bond acceptors (Lipinski definition) is 4. The summed E-state index contributed by atoms with van der Waals surface area (Å²) < 4.78 is 11.6. The van der Waals surface area contributed by atoms with Gasteiger partial charge in [-0.15, -0.1) is 0 Å². The summed E-state index contributed by atoms with van der Waals surface area (Å²) in [4.78, 5) is 35.0. The number of benzene rings is 1. The summed E-state index contributed by atoms with van der Waals surface area (Å²) in [5.74, 6) is -0.242. The minimum atomic E-state index is -4.49. The molecule has 9 heteroatoms. The predicted octanol–water partition coefficient (Wildman–Crippen LogP) is 4.58. The Morgan fingerprint density at radius 1 is 0.686 bits per heavy atom. The van der Waals surface area contributed by atoms with Crippen molar-refractivity contribution < 1.29 is 19.5 Å². The van der Waals surface area contributed by atoms with Crippen LogP contribution in [0, 0.1) is 0 Å². The number of aromatic amines is 2. The Bertz CT molecular complexity index is 1780. The van der Waals surface area contributed by atoms with E-state index < -0.39 is 7.60 Å². The van der Waals surface area contributed by atoms with E-state index >= 15 is 0 Å². The van der Waals surface area contributed by atoms with Gasteiger partial charge in [0.05, 0.1) is 28.1 Å². The highest BCUT2D eigenvalue weighted by molar-refractivity contribution is 7.60. The Morgan fingerprint density at radius 2 is 1.29 bits per heavy atom. The summed E-state index contributed by atoms with van der Waals surface area (Å²) in [6.45, 7) is 0. The molecule has 0 atom stereocenters. The van der Waals surface area contributed by atoms with Crippen LogP contribution in [0.5, 0.6) is 5.75 Å². The molecule has 0 saturated heterocycles. The van der Waals surface area contributed by atoms with Crippen LogP contribution in [0.15, 0.2) is 66.7 Å². The lowest BCUT2D eigenvalue weighted by Gasteiger charge is -2.09. The highest BCUT2D eigenvalue weighted by atomic mass is 31.2. The van der Waals surface area contributed by atoms with Crippen LogP contribution in [0.3, 0.4) is 0 Å². The topological polar surface area (TPSA) is 135 Å². The van der Waals surface area contributed by atoms with E-state index in [1.165, 1.54) is 12.1 Å². The Balaban J connectivity index is 1.59. The SMILES string of the molecule is O=P(O)(O)c1ccc(C2=Cc3cc4ccc(cc5ccc(cc6nc(cc2n3)C=C6)[nH]5)[nH]4)c(O)c1. The van der Waals surface area contributed by atoms with Crippen LogP contribution < -0.4 is 5.30 Å². The summed E-state index contributed by atoms with van der Waals surface area (Å²) in [5.41, 5.74) is 7.41. The standard InChI is InChI=1S/C26H19N4O4P/c31-26-14-22(35(32,33)34)7-8-23(26)24-12-21-11-19-4-3-17(28-19)9-15-1-2-16(27-15)10-18-5-6-20(29-18)13-25(24)30-21/h1-14,27-28,31H,(H2,32,33,34). The van der Waals surface area contributed by atoms with Crippen molar-refractivity contribution in [3.8, 4) is 5.75 Å². The molecule has 5 N–H and O–H groups in total. The Labute approximate surface area is 199 Å². The Hall–Kier alpha value is -4.23. The van der Waals surface area contributed by atoms with Crippen molar-refractivity contribution >= 4 is 58.8 Å². The molecule has 1 aromatic carbocycles. The molecule has 0 spiro atoms. The maximum atomic E-state index is 11.6. The third-order valence-corrected chi connectivity index (χ3v) is 6.72. The van der Waals surface area contributed by atoms with E-state index in [1.807, 2.05) is 66.8 Å². The van der Waals surface area contributed by atoms with Crippen LogP contribution in [-0.4, -0.2) is 34.8 Å². The number of nitrogens with one attached hydrogen (secondary N) is 2. The first-order valence-corrected chi connectivity index (χ1v) is 12.4. The average molecular weight is 482 g/mol. The monoisotopic (exact) mass is 482 g/mol. The summed E-state index contributed by atoms with van der Waals surface area (Å²) in [7, 11) is -4.49. The van der Waals surface area contributed by atoms with Crippen LogP contribution in [0.4, 0.5) is 0 Å².